The van der Waals surface area contributed by atoms with E-state index in [4.69, 9.17) is 0 Å². The van der Waals surface area contributed by atoms with Crippen LogP contribution in [0.25, 0.3) is 0 Å². The third kappa shape index (κ3) is 3.66. The van der Waals surface area contributed by atoms with Crippen LogP contribution in [-0.4, -0.2) is 22.5 Å². The second kappa shape index (κ2) is 8.31. The summed E-state index contributed by atoms with van der Waals surface area (Å²) in [6.07, 6.45) is 8.68. The molecular formula is C30H39NO2. The first kappa shape index (κ1) is 22.7. The van der Waals surface area contributed by atoms with Gasteiger partial charge in [0.15, 0.2) is 5.78 Å². The number of ketones is 1. The Balaban J connectivity index is 1.57. The van der Waals surface area contributed by atoms with Crippen LogP contribution < -0.4 is 5.32 Å². The van der Waals surface area contributed by atoms with Gasteiger partial charge in [0.05, 0.1) is 0 Å². The Morgan fingerprint density at radius 2 is 1.85 bits per heavy atom. The maximum atomic E-state index is 12.2. The molecule has 5 rings (SSSR count). The van der Waals surface area contributed by atoms with Crippen molar-refractivity contribution in [2.75, 3.05) is 5.32 Å². The van der Waals surface area contributed by atoms with Crippen molar-refractivity contribution in [2.45, 2.75) is 90.2 Å². The lowest BCUT2D eigenvalue weighted by atomic mass is 9.46. The van der Waals surface area contributed by atoms with E-state index in [0.29, 0.717) is 47.8 Å². The topological polar surface area (TPSA) is 49.3 Å². The highest BCUT2D eigenvalue weighted by atomic mass is 16.3. The van der Waals surface area contributed by atoms with Crippen LogP contribution in [0.5, 0.6) is 0 Å². The summed E-state index contributed by atoms with van der Waals surface area (Å²) in [5, 5.41) is 15.3. The molecule has 0 bridgehead atoms. The molecule has 0 aromatic heterocycles. The first-order chi connectivity index (χ1) is 15.8. The third-order valence-corrected chi connectivity index (χ3v) is 9.58. The molecule has 4 aliphatic carbocycles. The molecule has 0 saturated heterocycles. The van der Waals surface area contributed by atoms with E-state index in [0.717, 1.165) is 44.2 Å². The minimum Gasteiger partial charge on any atom is -0.383 e. The molecule has 2 N–H and O–H groups in total. The van der Waals surface area contributed by atoms with Gasteiger partial charge in [0.1, 0.15) is 5.60 Å². The number of aliphatic hydroxyl groups is 1. The molecule has 0 amide bonds. The van der Waals surface area contributed by atoms with Crippen molar-refractivity contribution in [3.63, 3.8) is 0 Å². The Morgan fingerprint density at radius 1 is 1.09 bits per heavy atom. The summed E-state index contributed by atoms with van der Waals surface area (Å²) in [6, 6.07) is 9.45. The van der Waals surface area contributed by atoms with Crippen LogP contribution in [0.2, 0.25) is 0 Å². The van der Waals surface area contributed by atoms with E-state index < -0.39 is 5.60 Å². The lowest BCUT2D eigenvalue weighted by Gasteiger charge is -2.58. The van der Waals surface area contributed by atoms with Gasteiger partial charge in [-0.1, -0.05) is 30.6 Å². The number of allylic oxidation sites excluding steroid dienone is 1. The predicted molar refractivity (Wildman–Crippen MR) is 134 cm³/mol. The normalized spacial score (nSPS) is 39.6. The third-order valence-electron chi connectivity index (χ3n) is 9.58. The standard InChI is InChI=1S/C30H39NO2/c1-5-15-30(33)16-14-27-25-12-8-21-17-23(32)11-13-24(21)28(25)26(18-29(27,30)4)20-6-9-22(10-7-20)31-19(2)3/h6-7,9-10,17,19,24-28,31,33H,8,11-14,16,18H2,1-4H3/t24-,25-,26+,27-,28+,29-,30-/m0/s1. The summed E-state index contributed by atoms with van der Waals surface area (Å²) in [5.74, 6) is 9.17. The highest BCUT2D eigenvalue weighted by molar-refractivity contribution is 5.91. The van der Waals surface area contributed by atoms with Crippen LogP contribution >= 0.6 is 0 Å². The number of hydrogen-bond donors (Lipinski definition) is 2. The van der Waals surface area contributed by atoms with Crippen molar-refractivity contribution >= 4 is 11.5 Å². The zero-order chi connectivity index (χ0) is 23.4. The van der Waals surface area contributed by atoms with Crippen molar-refractivity contribution in [1.82, 2.24) is 0 Å². The Hall–Kier alpha value is -2.05. The minimum absolute atomic E-state index is 0.192. The predicted octanol–water partition coefficient (Wildman–Crippen LogP) is 6.10. The molecule has 1 aromatic carbocycles. The fourth-order valence-electron chi connectivity index (χ4n) is 8.23. The van der Waals surface area contributed by atoms with Crippen molar-refractivity contribution < 1.29 is 9.90 Å². The fraction of sp³-hybridized carbons (Fsp3) is 0.633. The number of carbonyl (C=O) groups excluding carboxylic acids is 1. The molecule has 1 aromatic rings. The lowest BCUT2D eigenvalue weighted by molar-refractivity contribution is -0.117. The number of nitrogens with one attached hydrogen (secondary N) is 1. The van der Waals surface area contributed by atoms with E-state index in [1.807, 2.05) is 13.0 Å². The second-order valence-corrected chi connectivity index (χ2v) is 11.6. The number of benzene rings is 1. The van der Waals surface area contributed by atoms with E-state index in [1.54, 1.807) is 0 Å². The van der Waals surface area contributed by atoms with E-state index >= 15 is 0 Å². The fourth-order valence-corrected chi connectivity index (χ4v) is 8.23. The molecule has 0 radical (unpaired) electrons. The lowest BCUT2D eigenvalue weighted by Crippen LogP contribution is -2.54. The Morgan fingerprint density at radius 3 is 2.55 bits per heavy atom. The maximum Gasteiger partial charge on any atom is 0.155 e. The molecule has 3 heteroatoms. The second-order valence-electron chi connectivity index (χ2n) is 11.6. The highest BCUT2D eigenvalue weighted by Crippen LogP contribution is 2.68. The first-order valence-electron chi connectivity index (χ1n) is 13.0. The Bertz CT molecular complexity index is 1010. The van der Waals surface area contributed by atoms with Gasteiger partial charge in [0, 0.05) is 23.6 Å². The molecule has 3 fully saturated rings. The SMILES string of the molecule is CC#C[C@]1(O)CC[C@H]2[C@@H]3CCC4=CC(=O)CC[C@@H]4[C@H]3[C@@H](c3ccc(NC(C)C)cc3)C[C@@]21C. The number of anilines is 1. The Labute approximate surface area is 199 Å². The molecule has 0 aliphatic heterocycles. The molecule has 3 nitrogen and oxygen atoms in total. The van der Waals surface area contributed by atoms with Gasteiger partial charge in [-0.25, -0.2) is 0 Å². The van der Waals surface area contributed by atoms with Gasteiger partial charge in [0.25, 0.3) is 0 Å². The summed E-state index contributed by atoms with van der Waals surface area (Å²) < 4.78 is 0. The molecule has 33 heavy (non-hydrogen) atoms. The largest absolute Gasteiger partial charge is 0.383 e. The molecule has 4 aliphatic rings. The summed E-state index contributed by atoms with van der Waals surface area (Å²) in [7, 11) is 0. The van der Waals surface area contributed by atoms with E-state index in [1.165, 1.54) is 11.1 Å². The molecule has 3 saturated carbocycles. The number of fused-ring (bicyclic) bond motifs is 5. The van der Waals surface area contributed by atoms with Crippen LogP contribution in [0.3, 0.4) is 0 Å². The van der Waals surface area contributed by atoms with Crippen LogP contribution in [0.15, 0.2) is 35.9 Å². The number of hydrogen-bond acceptors (Lipinski definition) is 3. The zero-order valence-corrected chi connectivity index (χ0v) is 20.7. The van der Waals surface area contributed by atoms with Crippen molar-refractivity contribution in [2.24, 2.45) is 29.1 Å². The van der Waals surface area contributed by atoms with Gasteiger partial charge in [-0.2, -0.15) is 0 Å². The number of rotatable bonds is 3. The van der Waals surface area contributed by atoms with Gasteiger partial charge in [0.2, 0.25) is 0 Å². The van der Waals surface area contributed by atoms with Crippen LogP contribution in [-0.2, 0) is 4.79 Å². The molecular weight excluding hydrogens is 406 g/mol. The molecule has 7 atom stereocenters. The molecule has 0 unspecified atom stereocenters. The average molecular weight is 446 g/mol. The summed E-state index contributed by atoms with van der Waals surface area (Å²) in [5.41, 5.74) is 2.86. The van der Waals surface area contributed by atoms with Crippen molar-refractivity contribution in [1.29, 1.82) is 0 Å². The maximum absolute atomic E-state index is 12.2. The quantitative estimate of drug-likeness (QED) is 0.553. The van der Waals surface area contributed by atoms with Crippen LogP contribution in [0.4, 0.5) is 5.69 Å². The minimum atomic E-state index is -0.895. The Kier molecular flexibility index (Phi) is 5.73. The number of carbonyl (C=O) groups is 1. The van der Waals surface area contributed by atoms with Gasteiger partial charge < -0.3 is 10.4 Å². The summed E-state index contributed by atoms with van der Waals surface area (Å²) in [4.78, 5) is 12.2. The zero-order valence-electron chi connectivity index (χ0n) is 20.7. The smallest absolute Gasteiger partial charge is 0.155 e. The van der Waals surface area contributed by atoms with Crippen molar-refractivity contribution in [3.8, 4) is 11.8 Å². The summed E-state index contributed by atoms with van der Waals surface area (Å²) >= 11 is 0. The van der Waals surface area contributed by atoms with E-state index in [-0.39, 0.29) is 5.41 Å². The molecule has 0 spiro atoms. The van der Waals surface area contributed by atoms with Crippen molar-refractivity contribution in [3.05, 3.63) is 41.5 Å². The first-order valence-corrected chi connectivity index (χ1v) is 13.0. The van der Waals surface area contributed by atoms with Gasteiger partial charge in [-0.15, -0.1) is 5.92 Å². The molecule has 176 valence electrons. The summed E-state index contributed by atoms with van der Waals surface area (Å²) in [6.45, 7) is 8.50. The van der Waals surface area contributed by atoms with Crippen LogP contribution in [0, 0.1) is 40.9 Å². The molecule has 0 heterocycles. The van der Waals surface area contributed by atoms with E-state index in [9.17, 15) is 9.90 Å². The monoisotopic (exact) mass is 445 g/mol. The average Bonchev–Trinajstić information content (AvgIpc) is 3.03. The van der Waals surface area contributed by atoms with Gasteiger partial charge in [-0.3, -0.25) is 4.79 Å². The van der Waals surface area contributed by atoms with E-state index in [2.05, 4.69) is 62.2 Å². The van der Waals surface area contributed by atoms with Gasteiger partial charge in [-0.05, 0) is 113 Å². The highest BCUT2D eigenvalue weighted by Gasteiger charge is 2.64. The van der Waals surface area contributed by atoms with Crippen LogP contribution in [0.1, 0.15) is 84.1 Å². The van der Waals surface area contributed by atoms with Gasteiger partial charge >= 0.3 is 0 Å².